The third-order valence-electron chi connectivity index (χ3n) is 3.53. The average molecular weight is 316 g/mol. The minimum Gasteiger partial charge on any atom is -0.772 e. The van der Waals surface area contributed by atoms with Gasteiger partial charge in [0.05, 0.1) is 0 Å². The van der Waals surface area contributed by atoms with E-state index >= 15 is 0 Å². The molecule has 1 aliphatic carbocycles. The van der Waals surface area contributed by atoms with E-state index in [1.54, 1.807) is 0 Å². The van der Waals surface area contributed by atoms with Gasteiger partial charge in [-0.2, -0.15) is 0 Å². The largest absolute Gasteiger partial charge is 0.772 e. The highest BCUT2D eigenvalue weighted by Crippen LogP contribution is 2.41. The Kier molecular flexibility index (Phi) is 4.77. The lowest BCUT2D eigenvalue weighted by molar-refractivity contribution is 0.344. The number of hydrogen-bond acceptors (Lipinski definition) is 2. The molecule has 2 nitrogen and oxygen atoms in total. The van der Waals surface area contributed by atoms with Crippen LogP contribution in [0.15, 0.2) is 30.3 Å². The van der Waals surface area contributed by atoms with Gasteiger partial charge >= 0.3 is 0 Å². The highest BCUT2D eigenvalue weighted by Gasteiger charge is 2.32. The molecule has 1 aliphatic rings. The number of rotatable bonds is 3. The molecule has 1 aromatic carbocycles. The van der Waals surface area contributed by atoms with Gasteiger partial charge in [0.1, 0.15) is 0 Å². The second-order valence-electron chi connectivity index (χ2n) is 4.60. The van der Waals surface area contributed by atoms with Gasteiger partial charge in [0.15, 0.2) is 0 Å². The van der Waals surface area contributed by atoms with Gasteiger partial charge in [-0.1, -0.05) is 63.8 Å². The quantitative estimate of drug-likeness (QED) is 0.634. The van der Waals surface area contributed by atoms with Crippen LogP contribution < -0.4 is 0 Å². The Balaban J connectivity index is 2.20. The van der Waals surface area contributed by atoms with E-state index in [2.05, 4.69) is 28.1 Å². The number of alkyl halides is 1. The van der Waals surface area contributed by atoms with Crippen molar-refractivity contribution in [2.45, 2.75) is 30.0 Å². The molecule has 0 heterocycles. The fourth-order valence-electron chi connectivity index (χ4n) is 2.70. The number of hydrogen-bond donors (Lipinski definition) is 0. The van der Waals surface area contributed by atoms with Gasteiger partial charge in [0.2, 0.25) is 0 Å². The van der Waals surface area contributed by atoms with Gasteiger partial charge in [-0.3, -0.25) is 4.21 Å². The van der Waals surface area contributed by atoms with Gasteiger partial charge in [0, 0.05) is 10.6 Å². The molecular weight excluding hydrogens is 300 g/mol. The Labute approximate surface area is 113 Å². The molecule has 4 heteroatoms. The Morgan fingerprint density at radius 1 is 1.29 bits per heavy atom. The number of halogens is 1. The summed E-state index contributed by atoms with van der Waals surface area (Å²) >= 11 is 1.69. The Morgan fingerprint density at radius 2 is 2.00 bits per heavy atom. The zero-order valence-corrected chi connectivity index (χ0v) is 12.0. The smallest absolute Gasteiger partial charge is 0.0188 e. The summed E-state index contributed by atoms with van der Waals surface area (Å²) in [6.45, 7) is 0. The van der Waals surface area contributed by atoms with Crippen molar-refractivity contribution in [1.29, 1.82) is 0 Å². The minimum absolute atomic E-state index is 0.199. The topological polar surface area (TPSA) is 40.1 Å². The molecule has 0 aromatic heterocycles. The molecule has 94 valence electrons. The second-order valence-corrected chi connectivity index (χ2v) is 6.72. The summed E-state index contributed by atoms with van der Waals surface area (Å²) in [5, 5.41) is 0. The molecule has 1 fully saturated rings. The van der Waals surface area contributed by atoms with Crippen molar-refractivity contribution < 1.29 is 8.76 Å². The molecule has 1 saturated carbocycles. The lowest BCUT2D eigenvalue weighted by Crippen LogP contribution is -2.31. The highest BCUT2D eigenvalue weighted by atomic mass is 79.9. The van der Waals surface area contributed by atoms with Crippen molar-refractivity contribution in [3.63, 3.8) is 0 Å². The summed E-state index contributed by atoms with van der Waals surface area (Å²) in [6, 6.07) is 10.3. The van der Waals surface area contributed by atoms with Gasteiger partial charge in [-0.15, -0.1) is 0 Å². The van der Waals surface area contributed by atoms with Crippen LogP contribution in [0, 0.1) is 5.92 Å². The lowest BCUT2D eigenvalue weighted by atomic mass is 9.76. The van der Waals surface area contributed by atoms with Gasteiger partial charge in [-0.25, -0.2) is 0 Å². The summed E-state index contributed by atoms with van der Waals surface area (Å²) in [4.78, 5) is 0.319. The first kappa shape index (κ1) is 13.2. The molecule has 0 amide bonds. The van der Waals surface area contributed by atoms with E-state index in [0.29, 0.717) is 10.7 Å². The molecule has 17 heavy (non-hydrogen) atoms. The molecule has 4 unspecified atom stereocenters. The van der Waals surface area contributed by atoms with Crippen LogP contribution in [0.25, 0.3) is 0 Å². The molecule has 0 saturated heterocycles. The van der Waals surface area contributed by atoms with E-state index in [0.717, 1.165) is 19.3 Å². The first-order chi connectivity index (χ1) is 8.18. The Hall–Kier alpha value is -0.190. The second kappa shape index (κ2) is 6.12. The molecule has 0 spiro atoms. The lowest BCUT2D eigenvalue weighted by Gasteiger charge is -2.36. The maximum absolute atomic E-state index is 11.0. The van der Waals surface area contributed by atoms with E-state index in [1.165, 1.54) is 5.56 Å². The van der Waals surface area contributed by atoms with Crippen LogP contribution >= 0.6 is 15.9 Å². The summed E-state index contributed by atoms with van der Waals surface area (Å²) in [6.07, 6.45) is 3.33. The summed E-state index contributed by atoms with van der Waals surface area (Å²) in [7, 11) is 0. The SMILES string of the molecule is O=S([O-])CC1C(Br)CCCC1c1ccccc1. The van der Waals surface area contributed by atoms with Crippen LogP contribution in [-0.2, 0) is 11.1 Å². The Bertz CT molecular complexity index is 382. The van der Waals surface area contributed by atoms with E-state index in [9.17, 15) is 8.76 Å². The van der Waals surface area contributed by atoms with Gasteiger partial charge in [0.25, 0.3) is 0 Å². The van der Waals surface area contributed by atoms with E-state index in [-0.39, 0.29) is 11.7 Å². The average Bonchev–Trinajstić information content (AvgIpc) is 2.32. The zero-order chi connectivity index (χ0) is 12.3. The molecule has 0 N–H and O–H groups in total. The summed E-state index contributed by atoms with van der Waals surface area (Å²) in [5.41, 5.74) is 1.27. The molecule has 4 atom stereocenters. The molecule has 0 radical (unpaired) electrons. The zero-order valence-electron chi connectivity index (χ0n) is 9.55. The predicted molar refractivity (Wildman–Crippen MR) is 73.0 cm³/mol. The fraction of sp³-hybridized carbons (Fsp3) is 0.538. The molecule has 0 bridgehead atoms. The third-order valence-corrected chi connectivity index (χ3v) is 5.33. The van der Waals surface area contributed by atoms with Crippen LogP contribution in [0.4, 0.5) is 0 Å². The van der Waals surface area contributed by atoms with E-state index in [4.69, 9.17) is 0 Å². The van der Waals surface area contributed by atoms with Crippen molar-refractivity contribution in [1.82, 2.24) is 0 Å². The normalized spacial score (nSPS) is 31.1. The van der Waals surface area contributed by atoms with Gasteiger partial charge in [-0.05, 0) is 30.2 Å². The fourth-order valence-corrected chi connectivity index (χ4v) is 4.61. The summed E-state index contributed by atoms with van der Waals surface area (Å²) < 4.78 is 21.9. The van der Waals surface area contributed by atoms with E-state index in [1.807, 2.05) is 18.2 Å². The Morgan fingerprint density at radius 3 is 2.65 bits per heavy atom. The van der Waals surface area contributed by atoms with Crippen molar-refractivity contribution in [3.05, 3.63) is 35.9 Å². The summed E-state index contributed by atoms with van der Waals surface area (Å²) in [5.74, 6) is 0.826. The maximum atomic E-state index is 11.0. The standard InChI is InChI=1S/C13H17BrO2S/c14-13-8-4-7-11(12(13)9-17(15)16)10-5-2-1-3-6-10/h1-3,5-6,11-13H,4,7-9H2,(H,15,16)/p-1. The maximum Gasteiger partial charge on any atom is 0.0188 e. The predicted octanol–water partition coefficient (Wildman–Crippen LogP) is 3.21. The van der Waals surface area contributed by atoms with Crippen molar-refractivity contribution in [3.8, 4) is 0 Å². The van der Waals surface area contributed by atoms with Gasteiger partial charge < -0.3 is 4.55 Å². The third kappa shape index (κ3) is 3.39. The van der Waals surface area contributed by atoms with Crippen LogP contribution in [0.3, 0.4) is 0 Å². The molecule has 1 aromatic rings. The number of benzene rings is 1. The van der Waals surface area contributed by atoms with E-state index < -0.39 is 11.1 Å². The molecular formula is C13H16BrO2S-. The molecule has 0 aliphatic heterocycles. The van der Waals surface area contributed by atoms with Crippen molar-refractivity contribution in [2.75, 3.05) is 5.75 Å². The highest BCUT2D eigenvalue weighted by molar-refractivity contribution is 9.09. The van der Waals surface area contributed by atoms with Crippen molar-refractivity contribution in [2.24, 2.45) is 5.92 Å². The first-order valence-electron chi connectivity index (χ1n) is 5.93. The van der Waals surface area contributed by atoms with Crippen LogP contribution in [-0.4, -0.2) is 19.3 Å². The van der Waals surface area contributed by atoms with Crippen LogP contribution in [0.5, 0.6) is 0 Å². The minimum atomic E-state index is -1.96. The first-order valence-corrected chi connectivity index (χ1v) is 8.09. The van der Waals surface area contributed by atoms with Crippen molar-refractivity contribution >= 4 is 27.0 Å². The monoisotopic (exact) mass is 315 g/mol. The van der Waals surface area contributed by atoms with Crippen LogP contribution in [0.2, 0.25) is 0 Å². The molecule has 2 rings (SSSR count). The van der Waals surface area contributed by atoms with Crippen LogP contribution in [0.1, 0.15) is 30.7 Å².